The monoisotopic (exact) mass is 1400 g/mol. The molecular weight excluding hydrogens is 1330 g/mol. The van der Waals surface area contributed by atoms with E-state index >= 15 is 0 Å². The molecule has 10 heteroatoms. The summed E-state index contributed by atoms with van der Waals surface area (Å²) in [6.07, 6.45) is 39.1. The van der Waals surface area contributed by atoms with Crippen LogP contribution in [0.1, 0.15) is 33.4 Å². The van der Waals surface area contributed by atoms with Gasteiger partial charge >= 0.3 is 34.2 Å². The van der Waals surface area contributed by atoms with Crippen LogP contribution < -0.4 is 24.1 Å². The van der Waals surface area contributed by atoms with Gasteiger partial charge in [-0.3, -0.25) is 0 Å². The van der Waals surface area contributed by atoms with Crippen molar-refractivity contribution in [2.24, 2.45) is 0 Å². The average molecular weight is 1400 g/mol. The zero-order valence-electron chi connectivity index (χ0n) is 60.5. The highest BCUT2D eigenvalue weighted by Gasteiger charge is 2.33. The fourth-order valence-corrected chi connectivity index (χ4v) is 17.9. The van der Waals surface area contributed by atoms with Crippen LogP contribution in [0.2, 0.25) is 0 Å². The normalized spacial score (nSPS) is 15.3. The first kappa shape index (κ1) is 64.7. The Morgan fingerprint density at radius 2 is 0.573 bits per heavy atom. The van der Waals surface area contributed by atoms with Crippen LogP contribution in [0.25, 0.3) is 133 Å². The van der Waals surface area contributed by atoms with Gasteiger partial charge in [0.1, 0.15) is 0 Å². The molecule has 0 amide bonds. The van der Waals surface area contributed by atoms with Crippen LogP contribution in [-0.4, -0.2) is 34.2 Å². The van der Waals surface area contributed by atoms with Crippen molar-refractivity contribution in [1.82, 2.24) is 0 Å². The molecule has 0 spiro atoms. The molecule has 10 aliphatic rings. The van der Waals surface area contributed by atoms with E-state index in [-0.39, 0.29) is 0 Å². The Hall–Kier alpha value is -13.7. The van der Waals surface area contributed by atoms with Crippen molar-refractivity contribution in [2.45, 2.75) is 0 Å². The molecule has 0 aromatic heterocycles. The first-order valence-electron chi connectivity index (χ1n) is 38.4. The lowest BCUT2D eigenvalue weighted by atomic mass is 9.55. The van der Waals surface area contributed by atoms with Crippen LogP contribution in [0, 0.1) is 0 Å². The number of benzene rings is 15. The summed E-state index contributed by atoms with van der Waals surface area (Å²) in [6.45, 7) is 1.63. The van der Waals surface area contributed by atoms with Crippen LogP contribution in [-0.2, 0) is 0 Å². The van der Waals surface area contributed by atoms with Gasteiger partial charge in [0, 0.05) is 55.8 Å². The van der Waals surface area contributed by atoms with Crippen LogP contribution in [0.15, 0.2) is 388 Å². The largest absolute Gasteiger partial charge is 0.383 e. The maximum Gasteiger partial charge on any atom is 0.313 e. The molecule has 0 fully saturated rings. The molecule has 0 saturated carbocycles. The summed E-state index contributed by atoms with van der Waals surface area (Å²) in [5.74, 6) is 22.6. The summed E-state index contributed by atoms with van der Waals surface area (Å²) in [7, 11) is 0. The molecule has 25 rings (SSSR count). The molecule has 0 radical (unpaired) electrons. The standard InChI is InChI=1S/5C20H14BN/c1-3-7-18-15(5-1)9-10-17-12-14-21-13-11-16-6-2-4-8-19(16)22(21)20(17)18;1-2-9-17-15(7-1)16-8-3-4-10-18(16)20-19(17)11-13-21-12-5-6-14-22(20)21;1-2-6-17-15(5-1)7-10-19-18(17)9-8-16-11-13-21-12-3-4-14-22(21)20(16)19;1-2-6-18-15(5-1)7-8-16-13-17-9-11-21-10-3-4-12-22(21)20(17)14-19(16)18;1-2-6-16-12-19-14-20-17(13-18(19)11-15(16)5-1)7-9-21-8-3-4-10-22(20)21/h5*1-14H. The summed E-state index contributed by atoms with van der Waals surface area (Å²) in [6, 6.07) is 92.2. The number of hydrogen-bond acceptors (Lipinski definition) is 5. The lowest BCUT2D eigenvalue weighted by Crippen LogP contribution is -2.37. The van der Waals surface area contributed by atoms with Gasteiger partial charge in [-0.1, -0.05) is 333 Å². The van der Waals surface area contributed by atoms with Crippen molar-refractivity contribution < 1.29 is 0 Å². The second-order valence-electron chi connectivity index (χ2n) is 29.4. The first-order valence-corrected chi connectivity index (χ1v) is 38.4. The molecule has 110 heavy (non-hydrogen) atoms. The summed E-state index contributed by atoms with van der Waals surface area (Å²) in [5, 5.41) is 23.7. The van der Waals surface area contributed by atoms with Gasteiger partial charge in [0.05, 0.1) is 0 Å². The SMILES string of the molecule is C1=CB2C=Cc3c(c4ccccc4c4ccccc34)N2C=C1.C1=CB2C=Cc3cc4cc5ccccc5cc4cc3N2C=C1.C1=CB2C=Cc3cc4ccc5ccccc5c4cc3N2C=C1.C1=CB2C=Cc3ccc4c(ccc5ccccc54)c3N2C=C1.C1=Cc2ccccc2N2B1C=Cc1ccc3ccccc3c12. The van der Waals surface area contributed by atoms with E-state index in [1.54, 1.807) is 0 Å². The van der Waals surface area contributed by atoms with E-state index in [4.69, 9.17) is 0 Å². The first-order chi connectivity index (χ1) is 54.5. The maximum absolute atomic E-state index is 2.47. The molecule has 510 valence electrons. The number of para-hydroxylation sites is 1. The molecule has 0 unspecified atom stereocenters. The lowest BCUT2D eigenvalue weighted by Gasteiger charge is -2.37. The second kappa shape index (κ2) is 27.3. The van der Waals surface area contributed by atoms with Crippen LogP contribution in [0.4, 0.5) is 34.1 Å². The maximum atomic E-state index is 2.47. The fraction of sp³-hybridized carbons (Fsp3) is 0. The molecule has 0 saturated heterocycles. The zero-order chi connectivity index (χ0) is 72.6. The third kappa shape index (κ3) is 11.3. The Morgan fingerprint density at radius 1 is 0.182 bits per heavy atom. The van der Waals surface area contributed by atoms with Gasteiger partial charge in [-0.25, -0.2) is 0 Å². The molecule has 5 nitrogen and oxygen atoms in total. The van der Waals surface area contributed by atoms with Gasteiger partial charge in [-0.15, -0.1) is 0 Å². The molecule has 0 aliphatic carbocycles. The summed E-state index contributed by atoms with van der Waals surface area (Å²) < 4.78 is 0. The van der Waals surface area contributed by atoms with Gasteiger partial charge < -0.3 is 24.1 Å². The van der Waals surface area contributed by atoms with Crippen molar-refractivity contribution in [2.75, 3.05) is 24.1 Å². The van der Waals surface area contributed by atoms with Crippen molar-refractivity contribution in [3.8, 4) is 0 Å². The van der Waals surface area contributed by atoms with E-state index in [1.807, 2.05) is 0 Å². The minimum atomic E-state index is 0.299. The highest BCUT2D eigenvalue weighted by Crippen LogP contribution is 2.47. The van der Waals surface area contributed by atoms with Gasteiger partial charge in [-0.05, 0) is 200 Å². The van der Waals surface area contributed by atoms with E-state index in [0.717, 1.165) is 0 Å². The Balaban J connectivity index is 0.0000000873. The van der Waals surface area contributed by atoms with Crippen molar-refractivity contribution in [3.05, 3.63) is 421 Å². The van der Waals surface area contributed by atoms with Crippen molar-refractivity contribution >= 4 is 202 Å². The third-order valence-electron chi connectivity index (χ3n) is 23.1. The Bertz CT molecular complexity index is 6770. The zero-order valence-corrected chi connectivity index (χ0v) is 60.5. The van der Waals surface area contributed by atoms with Gasteiger partial charge in [0.25, 0.3) is 0 Å². The number of anilines is 6. The van der Waals surface area contributed by atoms with Crippen LogP contribution >= 0.6 is 0 Å². The molecule has 15 aromatic carbocycles. The van der Waals surface area contributed by atoms with E-state index in [2.05, 4.69) is 448 Å². The van der Waals surface area contributed by atoms with Gasteiger partial charge in [0.15, 0.2) is 0 Å². The molecular formula is C100H70B5N5. The number of rotatable bonds is 0. The number of nitrogens with zero attached hydrogens (tertiary/aromatic N) is 5. The Kier molecular flexibility index (Phi) is 16.0. The smallest absolute Gasteiger partial charge is 0.313 e. The summed E-state index contributed by atoms with van der Waals surface area (Å²) in [4.78, 5) is 11.9. The lowest BCUT2D eigenvalue weighted by molar-refractivity contribution is 1.36. The molecule has 10 heterocycles. The third-order valence-corrected chi connectivity index (χ3v) is 23.1. The predicted octanol–water partition coefficient (Wildman–Crippen LogP) is 25.0. The predicted molar refractivity (Wildman–Crippen MR) is 484 cm³/mol. The van der Waals surface area contributed by atoms with Crippen LogP contribution in [0.5, 0.6) is 0 Å². The van der Waals surface area contributed by atoms with E-state index < -0.39 is 0 Å². The average Bonchev–Trinajstić information content (AvgIpc) is 0.751. The molecule has 15 aromatic rings. The van der Waals surface area contributed by atoms with Crippen LogP contribution in [0.3, 0.4) is 0 Å². The highest BCUT2D eigenvalue weighted by atomic mass is 15.1. The Labute approximate surface area is 642 Å². The summed E-state index contributed by atoms with van der Waals surface area (Å²) >= 11 is 0. The Morgan fingerprint density at radius 3 is 1.23 bits per heavy atom. The molecule has 0 atom stereocenters. The number of fused-ring (bicyclic) bond motifs is 33. The topological polar surface area (TPSA) is 16.2 Å². The minimum Gasteiger partial charge on any atom is -0.383 e. The highest BCUT2D eigenvalue weighted by molar-refractivity contribution is 6.78. The molecule has 10 aliphatic heterocycles. The van der Waals surface area contributed by atoms with E-state index in [9.17, 15) is 0 Å². The molecule has 0 N–H and O–H groups in total. The molecule has 0 bridgehead atoms. The van der Waals surface area contributed by atoms with Crippen molar-refractivity contribution in [1.29, 1.82) is 0 Å². The van der Waals surface area contributed by atoms with E-state index in [0.29, 0.717) is 34.2 Å². The van der Waals surface area contributed by atoms with Crippen molar-refractivity contribution in [3.63, 3.8) is 0 Å². The number of allylic oxidation sites excluding steroid dienone is 8. The minimum absolute atomic E-state index is 0.299. The second-order valence-corrected chi connectivity index (χ2v) is 29.4. The number of hydrogen-bond donors (Lipinski definition) is 0. The quantitative estimate of drug-likeness (QED) is 0.0852. The summed E-state index contributed by atoms with van der Waals surface area (Å²) in [5.41, 5.74) is 15.6. The van der Waals surface area contributed by atoms with Gasteiger partial charge in [-0.2, -0.15) is 0 Å². The van der Waals surface area contributed by atoms with Gasteiger partial charge in [0.2, 0.25) is 0 Å². The fourth-order valence-electron chi connectivity index (χ4n) is 17.9. The van der Waals surface area contributed by atoms with E-state index in [1.165, 1.54) is 164 Å².